The summed E-state index contributed by atoms with van der Waals surface area (Å²) in [6.45, 7) is 2.14. The van der Waals surface area contributed by atoms with Crippen molar-refractivity contribution in [3.8, 4) is 0 Å². The molecule has 2 aliphatic rings. The SMILES string of the molecule is CC(=O)C1CCCC2=NCCC(=O)N21. The molecule has 1 saturated heterocycles. The van der Waals surface area contributed by atoms with Crippen molar-refractivity contribution in [2.24, 2.45) is 4.99 Å². The van der Waals surface area contributed by atoms with E-state index in [2.05, 4.69) is 4.99 Å². The van der Waals surface area contributed by atoms with Gasteiger partial charge in [0.25, 0.3) is 0 Å². The first-order valence-electron chi connectivity index (χ1n) is 5.06. The molecule has 1 unspecified atom stereocenters. The number of fused-ring (bicyclic) bond motifs is 1. The lowest BCUT2D eigenvalue weighted by Crippen LogP contribution is -2.52. The lowest BCUT2D eigenvalue weighted by molar-refractivity contribution is -0.135. The van der Waals surface area contributed by atoms with Gasteiger partial charge in [-0.25, -0.2) is 0 Å². The van der Waals surface area contributed by atoms with Gasteiger partial charge in [-0.3, -0.25) is 19.5 Å². The van der Waals surface area contributed by atoms with E-state index in [1.54, 1.807) is 11.8 Å². The Hall–Kier alpha value is -1.19. The standard InChI is InChI=1S/C10H14N2O2/c1-7(13)8-3-2-4-9-11-6-5-10(14)12(8)9/h8H,2-6H2,1H3. The van der Waals surface area contributed by atoms with Gasteiger partial charge in [0.05, 0.1) is 6.04 Å². The molecule has 1 fully saturated rings. The Balaban J connectivity index is 2.28. The van der Waals surface area contributed by atoms with Crippen LogP contribution in [0.15, 0.2) is 4.99 Å². The van der Waals surface area contributed by atoms with Crippen LogP contribution in [0.5, 0.6) is 0 Å². The van der Waals surface area contributed by atoms with E-state index in [4.69, 9.17) is 0 Å². The Labute approximate surface area is 83.0 Å². The number of amides is 1. The summed E-state index contributed by atoms with van der Waals surface area (Å²) in [4.78, 5) is 28.9. The molecule has 0 spiro atoms. The molecule has 2 heterocycles. The number of carbonyl (C=O) groups is 2. The molecule has 4 heteroatoms. The molecule has 0 radical (unpaired) electrons. The quantitative estimate of drug-likeness (QED) is 0.618. The van der Waals surface area contributed by atoms with Gasteiger partial charge in [-0.05, 0) is 19.8 Å². The summed E-state index contributed by atoms with van der Waals surface area (Å²) in [6, 6.07) is -0.240. The molecular formula is C10H14N2O2. The zero-order valence-corrected chi connectivity index (χ0v) is 8.32. The zero-order valence-electron chi connectivity index (χ0n) is 8.32. The van der Waals surface area contributed by atoms with Gasteiger partial charge in [0.15, 0.2) is 5.78 Å². The van der Waals surface area contributed by atoms with Crippen molar-refractivity contribution >= 4 is 17.5 Å². The molecule has 0 bridgehead atoms. The summed E-state index contributed by atoms with van der Waals surface area (Å²) in [5, 5.41) is 0. The van der Waals surface area contributed by atoms with E-state index < -0.39 is 0 Å². The minimum Gasteiger partial charge on any atom is -0.298 e. The van der Waals surface area contributed by atoms with E-state index in [9.17, 15) is 9.59 Å². The minimum atomic E-state index is -0.240. The van der Waals surface area contributed by atoms with Gasteiger partial charge in [-0.15, -0.1) is 0 Å². The molecule has 2 aliphatic heterocycles. The Morgan fingerprint density at radius 1 is 1.50 bits per heavy atom. The Morgan fingerprint density at radius 3 is 3.00 bits per heavy atom. The van der Waals surface area contributed by atoms with Crippen molar-refractivity contribution in [1.82, 2.24) is 4.90 Å². The van der Waals surface area contributed by atoms with Gasteiger partial charge in [-0.1, -0.05) is 0 Å². The van der Waals surface area contributed by atoms with Gasteiger partial charge < -0.3 is 0 Å². The van der Waals surface area contributed by atoms with Gasteiger partial charge in [0.2, 0.25) is 5.91 Å². The van der Waals surface area contributed by atoms with Crippen LogP contribution >= 0.6 is 0 Å². The average molecular weight is 194 g/mol. The van der Waals surface area contributed by atoms with Gasteiger partial charge in [0.1, 0.15) is 5.84 Å². The fourth-order valence-electron chi connectivity index (χ4n) is 2.14. The number of hydrogen-bond donors (Lipinski definition) is 0. The van der Waals surface area contributed by atoms with Crippen molar-refractivity contribution in [2.75, 3.05) is 6.54 Å². The molecule has 2 rings (SSSR count). The van der Waals surface area contributed by atoms with E-state index in [0.717, 1.165) is 25.1 Å². The van der Waals surface area contributed by atoms with Crippen LogP contribution in [0.1, 0.15) is 32.6 Å². The first-order valence-corrected chi connectivity index (χ1v) is 5.06. The second-order valence-corrected chi connectivity index (χ2v) is 3.83. The molecule has 0 aromatic heterocycles. The summed E-state index contributed by atoms with van der Waals surface area (Å²) in [5.74, 6) is 0.968. The second kappa shape index (κ2) is 3.52. The van der Waals surface area contributed by atoms with E-state index in [0.29, 0.717) is 13.0 Å². The maximum absolute atomic E-state index is 11.6. The molecule has 0 saturated carbocycles. The number of hydrogen-bond acceptors (Lipinski definition) is 3. The average Bonchev–Trinajstić information content (AvgIpc) is 2.17. The molecule has 0 aromatic carbocycles. The first-order chi connectivity index (χ1) is 6.70. The summed E-state index contributed by atoms with van der Waals surface area (Å²) in [6.07, 6.45) is 3.05. The van der Waals surface area contributed by atoms with E-state index >= 15 is 0 Å². The lowest BCUT2D eigenvalue weighted by Gasteiger charge is -2.37. The molecule has 4 nitrogen and oxygen atoms in total. The number of Topliss-reactive ketones (excluding diaryl/α,β-unsaturated/α-hetero) is 1. The maximum Gasteiger partial charge on any atom is 0.230 e. The first kappa shape index (κ1) is 9.37. The summed E-state index contributed by atoms with van der Waals surface area (Å²) in [7, 11) is 0. The molecule has 0 N–H and O–H groups in total. The number of ketones is 1. The highest BCUT2D eigenvalue weighted by Crippen LogP contribution is 2.23. The molecule has 14 heavy (non-hydrogen) atoms. The van der Waals surface area contributed by atoms with Crippen LogP contribution in [0, 0.1) is 0 Å². The highest BCUT2D eigenvalue weighted by molar-refractivity contribution is 6.04. The minimum absolute atomic E-state index is 0.0647. The third kappa shape index (κ3) is 1.45. The van der Waals surface area contributed by atoms with Crippen LogP contribution in [0.2, 0.25) is 0 Å². The van der Waals surface area contributed by atoms with Crippen LogP contribution in [0.4, 0.5) is 0 Å². The van der Waals surface area contributed by atoms with Crippen LogP contribution in [0.3, 0.4) is 0 Å². The summed E-state index contributed by atoms with van der Waals surface area (Å²) >= 11 is 0. The number of nitrogens with zero attached hydrogens (tertiary/aromatic N) is 2. The predicted molar refractivity (Wildman–Crippen MR) is 52.1 cm³/mol. The predicted octanol–water partition coefficient (Wildman–Crippen LogP) is 0.759. The second-order valence-electron chi connectivity index (χ2n) is 3.83. The van der Waals surface area contributed by atoms with E-state index in [-0.39, 0.29) is 17.7 Å². The smallest absolute Gasteiger partial charge is 0.230 e. The fourth-order valence-corrected chi connectivity index (χ4v) is 2.14. The molecule has 0 aliphatic carbocycles. The monoisotopic (exact) mass is 194 g/mol. The summed E-state index contributed by atoms with van der Waals surface area (Å²) < 4.78 is 0. The largest absolute Gasteiger partial charge is 0.298 e. The lowest BCUT2D eigenvalue weighted by atomic mass is 9.97. The molecule has 1 amide bonds. The number of rotatable bonds is 1. The van der Waals surface area contributed by atoms with Gasteiger partial charge in [-0.2, -0.15) is 0 Å². The topological polar surface area (TPSA) is 49.7 Å². The molecule has 0 aromatic rings. The van der Waals surface area contributed by atoms with Crippen molar-refractivity contribution < 1.29 is 9.59 Å². The molecular weight excluding hydrogens is 180 g/mol. The third-order valence-corrected chi connectivity index (χ3v) is 2.83. The molecule has 1 atom stereocenters. The van der Waals surface area contributed by atoms with Crippen LogP contribution in [0.25, 0.3) is 0 Å². The summed E-state index contributed by atoms with van der Waals surface area (Å²) in [5.41, 5.74) is 0. The van der Waals surface area contributed by atoms with Crippen LogP contribution in [-0.4, -0.2) is 35.0 Å². The van der Waals surface area contributed by atoms with Gasteiger partial charge in [0, 0.05) is 19.4 Å². The fraction of sp³-hybridized carbons (Fsp3) is 0.700. The Bertz CT molecular complexity index is 309. The Kier molecular flexibility index (Phi) is 2.35. The highest BCUT2D eigenvalue weighted by atomic mass is 16.2. The van der Waals surface area contributed by atoms with Crippen molar-refractivity contribution in [3.05, 3.63) is 0 Å². The molecule has 76 valence electrons. The Morgan fingerprint density at radius 2 is 2.29 bits per heavy atom. The van der Waals surface area contributed by atoms with E-state index in [1.165, 1.54) is 0 Å². The van der Waals surface area contributed by atoms with Crippen molar-refractivity contribution in [2.45, 2.75) is 38.6 Å². The van der Waals surface area contributed by atoms with Crippen LogP contribution in [-0.2, 0) is 9.59 Å². The van der Waals surface area contributed by atoms with Crippen molar-refractivity contribution in [1.29, 1.82) is 0 Å². The zero-order chi connectivity index (χ0) is 10.1. The maximum atomic E-state index is 11.6. The van der Waals surface area contributed by atoms with Crippen molar-refractivity contribution in [3.63, 3.8) is 0 Å². The van der Waals surface area contributed by atoms with E-state index in [1.807, 2.05) is 0 Å². The van der Waals surface area contributed by atoms with Crippen LogP contribution < -0.4 is 0 Å². The number of aliphatic imine (C=N–C) groups is 1. The number of carbonyl (C=O) groups excluding carboxylic acids is 2. The van der Waals surface area contributed by atoms with Gasteiger partial charge >= 0.3 is 0 Å². The third-order valence-electron chi connectivity index (χ3n) is 2.83. The number of amidine groups is 1. The normalized spacial score (nSPS) is 26.9. The highest BCUT2D eigenvalue weighted by Gasteiger charge is 2.35. The number of piperidine rings is 1.